The van der Waals surface area contributed by atoms with E-state index in [1.54, 1.807) is 34.6 Å². The Hall–Kier alpha value is -0.860. The van der Waals surface area contributed by atoms with Gasteiger partial charge in [-0.3, -0.25) is 9.08 Å². The fourth-order valence-corrected chi connectivity index (χ4v) is 2.29. The van der Waals surface area contributed by atoms with Crippen molar-refractivity contribution in [3.05, 3.63) is 0 Å². The Morgan fingerprint density at radius 2 is 1.95 bits per heavy atom. The van der Waals surface area contributed by atoms with Gasteiger partial charge in [-0.15, -0.1) is 0 Å². The molecule has 0 aliphatic carbocycles. The molecule has 1 unspecified atom stereocenters. The predicted molar refractivity (Wildman–Crippen MR) is 72.7 cm³/mol. The van der Waals surface area contributed by atoms with Crippen LogP contribution in [0.5, 0.6) is 0 Å². The highest BCUT2D eigenvalue weighted by Gasteiger charge is 2.46. The Kier molecular flexibility index (Phi) is 4.72. The molecule has 1 saturated heterocycles. The van der Waals surface area contributed by atoms with Gasteiger partial charge in [0.2, 0.25) is 0 Å². The monoisotopic (exact) mass is 309 g/mol. The molecule has 20 heavy (non-hydrogen) atoms. The highest BCUT2D eigenvalue weighted by Crippen LogP contribution is 2.29. The lowest BCUT2D eigenvalue weighted by Crippen LogP contribution is -2.51. The smallest absolute Gasteiger partial charge is 0.412 e. The van der Waals surface area contributed by atoms with Gasteiger partial charge in [-0.05, 0) is 34.6 Å². The number of ether oxygens (including phenoxy) is 2. The zero-order valence-electron chi connectivity index (χ0n) is 12.8. The highest BCUT2D eigenvalue weighted by molar-refractivity contribution is 7.85. The van der Waals surface area contributed by atoms with Crippen LogP contribution in [0.1, 0.15) is 34.6 Å². The molecule has 0 bridgehead atoms. The molecule has 1 fully saturated rings. The summed E-state index contributed by atoms with van der Waals surface area (Å²) in [6, 6.07) is -0.505. The summed E-state index contributed by atoms with van der Waals surface area (Å²) in [5.41, 5.74) is -1.51. The molecule has 0 aromatic heterocycles. The van der Waals surface area contributed by atoms with Crippen LogP contribution < -0.4 is 0 Å². The third-order valence-electron chi connectivity index (χ3n) is 2.64. The summed E-state index contributed by atoms with van der Waals surface area (Å²) in [6.45, 7) is 8.77. The number of carbonyl (C=O) groups excluding carboxylic acids is 1. The molecule has 0 aromatic rings. The standard InChI is InChI=1S/C12H23NO6S/c1-11(2,3)19-10(14)13-9(7-17-12(13,4)5)8-18-20(6,15)16/h9H,7-8H2,1-6H3. The lowest BCUT2D eigenvalue weighted by atomic mass is 10.2. The minimum absolute atomic E-state index is 0.151. The van der Waals surface area contributed by atoms with Crippen molar-refractivity contribution in [3.8, 4) is 0 Å². The van der Waals surface area contributed by atoms with Gasteiger partial charge in [0.1, 0.15) is 11.3 Å². The lowest BCUT2D eigenvalue weighted by molar-refractivity contribution is -0.0637. The van der Waals surface area contributed by atoms with E-state index in [1.807, 2.05) is 0 Å². The average Bonchev–Trinajstić information content (AvgIpc) is 2.46. The molecule has 0 spiro atoms. The van der Waals surface area contributed by atoms with Crippen molar-refractivity contribution in [2.24, 2.45) is 0 Å². The van der Waals surface area contributed by atoms with E-state index in [-0.39, 0.29) is 13.2 Å². The molecule has 1 rings (SSSR count). The minimum atomic E-state index is -3.57. The molecule has 1 atom stereocenters. The van der Waals surface area contributed by atoms with Gasteiger partial charge < -0.3 is 9.47 Å². The SMILES string of the molecule is CC(C)(C)OC(=O)N1C(COS(C)(=O)=O)COC1(C)C. The number of hydrogen-bond acceptors (Lipinski definition) is 6. The molecule has 8 heteroatoms. The summed E-state index contributed by atoms with van der Waals surface area (Å²) in [4.78, 5) is 13.6. The quantitative estimate of drug-likeness (QED) is 0.732. The molecule has 0 radical (unpaired) electrons. The normalized spacial score (nSPS) is 22.9. The summed E-state index contributed by atoms with van der Waals surface area (Å²) < 4.78 is 37.7. The Bertz CT molecular complexity index is 465. The van der Waals surface area contributed by atoms with Crippen LogP contribution in [0.3, 0.4) is 0 Å². The van der Waals surface area contributed by atoms with Crippen LogP contribution in [0.25, 0.3) is 0 Å². The zero-order valence-corrected chi connectivity index (χ0v) is 13.6. The predicted octanol–water partition coefficient (Wildman–Crippen LogP) is 1.33. The lowest BCUT2D eigenvalue weighted by Gasteiger charge is -2.34. The Labute approximate surface area is 120 Å². The van der Waals surface area contributed by atoms with Crippen molar-refractivity contribution in [3.63, 3.8) is 0 Å². The van der Waals surface area contributed by atoms with Crippen molar-refractivity contribution < 1.29 is 26.9 Å². The second-order valence-corrected chi connectivity index (χ2v) is 7.89. The van der Waals surface area contributed by atoms with Crippen LogP contribution in [-0.2, 0) is 23.8 Å². The molecule has 1 aliphatic heterocycles. The van der Waals surface area contributed by atoms with Gasteiger partial charge in [0.05, 0.1) is 25.5 Å². The number of carbonyl (C=O) groups is 1. The third-order valence-corrected chi connectivity index (χ3v) is 3.20. The van der Waals surface area contributed by atoms with Gasteiger partial charge in [0.25, 0.3) is 10.1 Å². The van der Waals surface area contributed by atoms with E-state index in [0.717, 1.165) is 6.26 Å². The van der Waals surface area contributed by atoms with Gasteiger partial charge in [-0.25, -0.2) is 4.79 Å². The topological polar surface area (TPSA) is 82.1 Å². The van der Waals surface area contributed by atoms with Crippen LogP contribution in [0.15, 0.2) is 0 Å². The third kappa shape index (κ3) is 4.92. The van der Waals surface area contributed by atoms with Crippen molar-refractivity contribution in [2.75, 3.05) is 19.5 Å². The zero-order chi connectivity index (χ0) is 15.8. The van der Waals surface area contributed by atoms with Gasteiger partial charge in [0.15, 0.2) is 0 Å². The number of rotatable bonds is 3. The van der Waals surface area contributed by atoms with Gasteiger partial charge in [-0.1, -0.05) is 0 Å². The Morgan fingerprint density at radius 3 is 2.40 bits per heavy atom. The van der Waals surface area contributed by atoms with E-state index in [2.05, 4.69) is 0 Å². The molecule has 0 saturated carbocycles. The van der Waals surface area contributed by atoms with Gasteiger partial charge >= 0.3 is 6.09 Å². The number of hydrogen-bond donors (Lipinski definition) is 0. The fraction of sp³-hybridized carbons (Fsp3) is 0.917. The van der Waals surface area contributed by atoms with Crippen molar-refractivity contribution in [2.45, 2.75) is 52.0 Å². The summed E-state index contributed by atoms with van der Waals surface area (Å²) >= 11 is 0. The highest BCUT2D eigenvalue weighted by atomic mass is 32.2. The second-order valence-electron chi connectivity index (χ2n) is 6.25. The van der Waals surface area contributed by atoms with E-state index in [1.165, 1.54) is 4.90 Å². The van der Waals surface area contributed by atoms with E-state index in [0.29, 0.717) is 0 Å². The van der Waals surface area contributed by atoms with E-state index in [9.17, 15) is 13.2 Å². The van der Waals surface area contributed by atoms with Crippen LogP contribution >= 0.6 is 0 Å². The van der Waals surface area contributed by atoms with Gasteiger partial charge in [0, 0.05) is 0 Å². The summed E-state index contributed by atoms with van der Waals surface area (Å²) in [6.07, 6.45) is 0.410. The van der Waals surface area contributed by atoms with Crippen LogP contribution in [-0.4, -0.2) is 56.2 Å². The maximum absolute atomic E-state index is 12.2. The molecule has 0 aromatic carbocycles. The second kappa shape index (κ2) is 5.50. The number of amides is 1. The fourth-order valence-electron chi connectivity index (χ4n) is 1.89. The van der Waals surface area contributed by atoms with Crippen LogP contribution in [0.4, 0.5) is 4.79 Å². The summed E-state index contributed by atoms with van der Waals surface area (Å²) in [5, 5.41) is 0. The maximum atomic E-state index is 12.2. The molecular formula is C12H23NO6S. The summed E-state index contributed by atoms with van der Waals surface area (Å²) in [5.74, 6) is 0. The number of nitrogens with zero attached hydrogens (tertiary/aromatic N) is 1. The van der Waals surface area contributed by atoms with Gasteiger partial charge in [-0.2, -0.15) is 8.42 Å². The molecule has 118 valence electrons. The molecule has 0 N–H and O–H groups in total. The first-order chi connectivity index (χ1) is 8.82. The van der Waals surface area contributed by atoms with Crippen molar-refractivity contribution >= 4 is 16.2 Å². The van der Waals surface area contributed by atoms with E-state index < -0.39 is 33.6 Å². The average molecular weight is 309 g/mol. The van der Waals surface area contributed by atoms with E-state index in [4.69, 9.17) is 13.7 Å². The Morgan fingerprint density at radius 1 is 1.40 bits per heavy atom. The largest absolute Gasteiger partial charge is 0.444 e. The van der Waals surface area contributed by atoms with Crippen LogP contribution in [0.2, 0.25) is 0 Å². The summed E-state index contributed by atoms with van der Waals surface area (Å²) in [7, 11) is -3.57. The van der Waals surface area contributed by atoms with Crippen molar-refractivity contribution in [1.82, 2.24) is 4.90 Å². The molecule has 7 nitrogen and oxygen atoms in total. The Balaban J connectivity index is 2.83. The van der Waals surface area contributed by atoms with E-state index >= 15 is 0 Å². The first kappa shape index (κ1) is 17.2. The molecule has 1 amide bonds. The van der Waals surface area contributed by atoms with Crippen LogP contribution in [0, 0.1) is 0 Å². The first-order valence-electron chi connectivity index (χ1n) is 6.32. The van der Waals surface area contributed by atoms with Crippen molar-refractivity contribution in [1.29, 1.82) is 0 Å². The first-order valence-corrected chi connectivity index (χ1v) is 8.14. The molecular weight excluding hydrogens is 286 g/mol. The molecule has 1 heterocycles. The minimum Gasteiger partial charge on any atom is -0.444 e. The maximum Gasteiger partial charge on any atom is 0.412 e. The molecule has 1 aliphatic rings.